The van der Waals surface area contributed by atoms with Crippen LogP contribution >= 0.6 is 11.3 Å². The highest BCUT2D eigenvalue weighted by Gasteiger charge is 2.68. The molecule has 1 aromatic carbocycles. The highest BCUT2D eigenvalue weighted by atomic mass is 32.2. The van der Waals surface area contributed by atoms with Crippen LogP contribution in [0.25, 0.3) is 21.6 Å². The number of hydrogen-bond acceptors (Lipinski definition) is 7. The van der Waals surface area contributed by atoms with Crippen LogP contribution < -0.4 is 10.5 Å². The molecule has 0 spiro atoms. The average Bonchev–Trinajstić information content (AvgIpc) is 3.10. The third-order valence-electron chi connectivity index (χ3n) is 6.46. The highest BCUT2D eigenvalue weighted by molar-refractivity contribution is 7.89. The molecule has 7 nitrogen and oxygen atoms in total. The summed E-state index contributed by atoms with van der Waals surface area (Å²) in [5.41, 5.74) is 8.97. The Kier molecular flexibility index (Phi) is 4.53. The lowest BCUT2D eigenvalue weighted by Crippen LogP contribution is -2.75. The third kappa shape index (κ3) is 3.36. The van der Waals surface area contributed by atoms with Crippen molar-refractivity contribution in [3.63, 3.8) is 0 Å². The van der Waals surface area contributed by atoms with Crippen LogP contribution in [-0.4, -0.2) is 35.6 Å². The first-order valence-corrected chi connectivity index (χ1v) is 12.4. The van der Waals surface area contributed by atoms with Gasteiger partial charge in [-0.2, -0.15) is 0 Å². The van der Waals surface area contributed by atoms with Gasteiger partial charge in [-0.15, -0.1) is 11.3 Å². The Balaban J connectivity index is 1.48. The summed E-state index contributed by atoms with van der Waals surface area (Å²) in [4.78, 5) is 9.79. The van der Waals surface area contributed by atoms with Crippen molar-refractivity contribution in [3.05, 3.63) is 47.2 Å². The number of thiazole rings is 1. The van der Waals surface area contributed by atoms with Crippen molar-refractivity contribution in [2.75, 3.05) is 12.3 Å². The van der Waals surface area contributed by atoms with Crippen LogP contribution in [0.1, 0.15) is 29.8 Å². The predicted molar refractivity (Wildman–Crippen MR) is 121 cm³/mol. The third-order valence-corrected chi connectivity index (χ3v) is 8.98. The molecule has 4 N–H and O–H groups in total. The van der Waals surface area contributed by atoms with Crippen molar-refractivity contribution in [2.45, 2.75) is 43.5 Å². The van der Waals surface area contributed by atoms with E-state index in [2.05, 4.69) is 14.7 Å². The van der Waals surface area contributed by atoms with E-state index in [1.54, 1.807) is 24.5 Å². The normalized spacial score (nSPS) is 24.5. The van der Waals surface area contributed by atoms with Crippen LogP contribution in [0, 0.1) is 19.3 Å². The number of nitrogens with two attached hydrogens (primary N) is 1. The van der Waals surface area contributed by atoms with E-state index in [1.807, 2.05) is 26.0 Å². The SMILES string of the molecule is Cc1ncc(-c2cc(-c3cc(S(=O)(=O)NC45CC(CO)(C4)C5)ccc3C)cnc2N)s1. The lowest BCUT2D eigenvalue weighted by molar-refractivity contribution is -0.167. The van der Waals surface area contributed by atoms with Gasteiger partial charge < -0.3 is 10.8 Å². The number of rotatable bonds is 6. The number of nitrogen functional groups attached to an aromatic ring is 1. The van der Waals surface area contributed by atoms with E-state index >= 15 is 0 Å². The molecule has 3 aliphatic rings. The quantitative estimate of drug-likeness (QED) is 0.524. The standard InChI is InChI=1S/C22H24N4O3S2/c1-13-3-4-16(31(28,29)26-22-9-21(10-22,11-22)12-27)6-17(13)15-5-18(20(23)25-7-15)19-8-24-14(2)30-19/h3-8,26-27H,9-12H2,1-2H3,(H2,23,25). The smallest absolute Gasteiger partial charge is 0.241 e. The second kappa shape index (κ2) is 6.83. The van der Waals surface area contributed by atoms with Crippen LogP contribution in [-0.2, 0) is 10.0 Å². The molecule has 0 aliphatic heterocycles. The number of anilines is 1. The molecule has 31 heavy (non-hydrogen) atoms. The second-order valence-electron chi connectivity index (χ2n) is 8.95. The molecule has 2 aromatic heterocycles. The first kappa shape index (κ1) is 20.6. The molecule has 9 heteroatoms. The number of aryl methyl sites for hydroxylation is 2. The van der Waals surface area contributed by atoms with Gasteiger partial charge in [-0.25, -0.2) is 23.1 Å². The fourth-order valence-electron chi connectivity index (χ4n) is 5.00. The van der Waals surface area contributed by atoms with Gasteiger partial charge in [-0.05, 0) is 67.9 Å². The van der Waals surface area contributed by atoms with E-state index in [1.165, 1.54) is 11.3 Å². The van der Waals surface area contributed by atoms with Crippen LogP contribution in [0.5, 0.6) is 0 Å². The molecule has 2 bridgehead atoms. The Morgan fingerprint density at radius 3 is 2.52 bits per heavy atom. The summed E-state index contributed by atoms with van der Waals surface area (Å²) >= 11 is 1.54. The van der Waals surface area contributed by atoms with Gasteiger partial charge in [0, 0.05) is 35.7 Å². The number of hydrogen-bond donors (Lipinski definition) is 3. The molecule has 0 unspecified atom stereocenters. The molecule has 3 saturated carbocycles. The zero-order chi connectivity index (χ0) is 22.0. The minimum Gasteiger partial charge on any atom is -0.396 e. The largest absolute Gasteiger partial charge is 0.396 e. The maximum atomic E-state index is 13.1. The van der Waals surface area contributed by atoms with Crippen molar-refractivity contribution in [1.29, 1.82) is 0 Å². The highest BCUT2D eigenvalue weighted by Crippen LogP contribution is 2.67. The molecule has 0 saturated heterocycles. The van der Waals surface area contributed by atoms with E-state index in [0.717, 1.165) is 32.1 Å². The summed E-state index contributed by atoms with van der Waals surface area (Å²) in [6.07, 6.45) is 5.55. The van der Waals surface area contributed by atoms with Gasteiger partial charge in [-0.3, -0.25) is 0 Å². The molecule has 0 amide bonds. The number of sulfonamides is 1. The van der Waals surface area contributed by atoms with Crippen molar-refractivity contribution in [1.82, 2.24) is 14.7 Å². The first-order valence-electron chi connectivity index (χ1n) is 10.1. The van der Waals surface area contributed by atoms with Gasteiger partial charge >= 0.3 is 0 Å². The summed E-state index contributed by atoms with van der Waals surface area (Å²) < 4.78 is 29.0. The first-order chi connectivity index (χ1) is 14.6. The average molecular weight is 457 g/mol. The number of nitrogens with zero attached hydrogens (tertiary/aromatic N) is 2. The van der Waals surface area contributed by atoms with Gasteiger partial charge in [0.25, 0.3) is 0 Å². The maximum absolute atomic E-state index is 13.1. The van der Waals surface area contributed by atoms with Crippen molar-refractivity contribution in [3.8, 4) is 21.6 Å². The maximum Gasteiger partial charge on any atom is 0.241 e. The molecule has 3 aliphatic carbocycles. The summed E-state index contributed by atoms with van der Waals surface area (Å²) in [5, 5.41) is 10.4. The Bertz CT molecular complexity index is 1280. The van der Waals surface area contributed by atoms with Gasteiger partial charge in [0.05, 0.1) is 14.8 Å². The Hall–Kier alpha value is -2.33. The fraction of sp³-hybridized carbons (Fsp3) is 0.364. The monoisotopic (exact) mass is 456 g/mol. The lowest BCUT2D eigenvalue weighted by atomic mass is 9.40. The van der Waals surface area contributed by atoms with Crippen molar-refractivity contribution < 1.29 is 13.5 Å². The predicted octanol–water partition coefficient (Wildman–Crippen LogP) is 3.26. The molecular formula is C22H24N4O3S2. The summed E-state index contributed by atoms with van der Waals surface area (Å²) in [7, 11) is -3.67. The van der Waals surface area contributed by atoms with Crippen molar-refractivity contribution >= 4 is 27.2 Å². The minimum atomic E-state index is -3.67. The minimum absolute atomic E-state index is 0.0675. The molecule has 3 fully saturated rings. The van der Waals surface area contributed by atoms with E-state index in [4.69, 9.17) is 5.73 Å². The van der Waals surface area contributed by atoms with Crippen molar-refractivity contribution in [2.24, 2.45) is 5.41 Å². The second-order valence-corrected chi connectivity index (χ2v) is 11.9. The molecular weight excluding hydrogens is 432 g/mol. The van der Waals surface area contributed by atoms with E-state index in [-0.39, 0.29) is 16.9 Å². The Morgan fingerprint density at radius 1 is 1.13 bits per heavy atom. The molecule has 2 heterocycles. The number of aliphatic hydroxyl groups is 1. The van der Waals surface area contributed by atoms with Crippen LogP contribution in [0.15, 0.2) is 41.6 Å². The summed E-state index contributed by atoms with van der Waals surface area (Å²) in [6, 6.07) is 7.08. The number of aliphatic hydroxyl groups excluding tert-OH is 1. The van der Waals surface area contributed by atoms with Gasteiger partial charge in [0.15, 0.2) is 0 Å². The van der Waals surface area contributed by atoms with Crippen LogP contribution in [0.4, 0.5) is 5.82 Å². The number of aromatic nitrogens is 2. The van der Waals surface area contributed by atoms with Gasteiger partial charge in [-0.1, -0.05) is 6.07 Å². The molecule has 0 atom stereocenters. The fourth-order valence-corrected chi connectivity index (χ4v) is 7.23. The zero-order valence-corrected chi connectivity index (χ0v) is 19.0. The zero-order valence-electron chi connectivity index (χ0n) is 17.3. The number of nitrogens with one attached hydrogen (secondary N) is 1. The molecule has 0 radical (unpaired) electrons. The molecule has 162 valence electrons. The molecule has 3 aromatic rings. The van der Waals surface area contributed by atoms with E-state index in [0.29, 0.717) is 25.1 Å². The van der Waals surface area contributed by atoms with Crippen LogP contribution in [0.3, 0.4) is 0 Å². The lowest BCUT2D eigenvalue weighted by Gasteiger charge is -2.69. The van der Waals surface area contributed by atoms with Gasteiger partial charge in [0.1, 0.15) is 5.82 Å². The van der Waals surface area contributed by atoms with Crippen LogP contribution in [0.2, 0.25) is 0 Å². The molecule has 6 rings (SSSR count). The topological polar surface area (TPSA) is 118 Å². The van der Waals surface area contributed by atoms with Gasteiger partial charge in [0.2, 0.25) is 10.0 Å². The van der Waals surface area contributed by atoms with E-state index < -0.39 is 15.6 Å². The number of pyridine rings is 1. The Morgan fingerprint density at radius 2 is 1.87 bits per heavy atom. The Labute approximate surface area is 185 Å². The number of benzene rings is 1. The summed E-state index contributed by atoms with van der Waals surface area (Å²) in [5.74, 6) is 0.414. The summed E-state index contributed by atoms with van der Waals surface area (Å²) in [6.45, 7) is 4.00. The van der Waals surface area contributed by atoms with E-state index in [9.17, 15) is 13.5 Å².